The fraction of sp³-hybridized carbons (Fsp3) is 0.462. The van der Waals surface area contributed by atoms with E-state index >= 15 is 0 Å². The van der Waals surface area contributed by atoms with Crippen LogP contribution < -0.4 is 11.1 Å². The van der Waals surface area contributed by atoms with Gasteiger partial charge in [-0.1, -0.05) is 40.1 Å². The highest BCUT2D eigenvalue weighted by Gasteiger charge is 2.13. The van der Waals surface area contributed by atoms with E-state index in [1.807, 2.05) is 12.1 Å². The SMILES string of the molecule is CCC(C/C(N)=N/O)N[C@H](C)c1ccc(Br)cc1. The minimum Gasteiger partial charge on any atom is -0.409 e. The summed E-state index contributed by atoms with van der Waals surface area (Å²) in [4.78, 5) is 0. The lowest BCUT2D eigenvalue weighted by molar-refractivity contribution is 0.315. The first-order valence-corrected chi connectivity index (χ1v) is 6.84. The minimum atomic E-state index is 0.208. The van der Waals surface area contributed by atoms with Gasteiger partial charge in [0.15, 0.2) is 0 Å². The van der Waals surface area contributed by atoms with E-state index in [0.29, 0.717) is 6.42 Å². The third-order valence-electron chi connectivity index (χ3n) is 2.93. The standard InChI is InChI=1S/C13H20BrN3O/c1-3-12(8-13(15)17-18)16-9(2)10-4-6-11(14)7-5-10/h4-7,9,12,16,18H,3,8H2,1-2H3,(H2,15,17)/t9-,12?/m1/s1. The number of hydrogen-bond donors (Lipinski definition) is 3. The van der Waals surface area contributed by atoms with Crippen molar-refractivity contribution in [2.45, 2.75) is 38.8 Å². The second kappa shape index (κ2) is 7.38. The number of benzene rings is 1. The number of amidine groups is 1. The van der Waals surface area contributed by atoms with E-state index in [2.05, 4.69) is 52.4 Å². The summed E-state index contributed by atoms with van der Waals surface area (Å²) in [6, 6.07) is 8.65. The van der Waals surface area contributed by atoms with Gasteiger partial charge in [-0.2, -0.15) is 0 Å². The number of hydrogen-bond acceptors (Lipinski definition) is 3. The molecule has 100 valence electrons. The van der Waals surface area contributed by atoms with E-state index in [9.17, 15) is 0 Å². The molecule has 0 saturated carbocycles. The van der Waals surface area contributed by atoms with Crippen LogP contribution in [-0.2, 0) is 0 Å². The Kier molecular flexibility index (Phi) is 6.15. The molecule has 0 aromatic heterocycles. The molecule has 0 saturated heterocycles. The fourth-order valence-electron chi connectivity index (χ4n) is 1.82. The molecule has 4 nitrogen and oxygen atoms in total. The van der Waals surface area contributed by atoms with Crippen LogP contribution in [0.15, 0.2) is 33.9 Å². The molecule has 1 aromatic carbocycles. The van der Waals surface area contributed by atoms with Crippen LogP contribution in [-0.4, -0.2) is 17.1 Å². The molecular weight excluding hydrogens is 294 g/mol. The maximum Gasteiger partial charge on any atom is 0.140 e. The van der Waals surface area contributed by atoms with Gasteiger partial charge in [0.1, 0.15) is 5.84 Å². The van der Waals surface area contributed by atoms with Gasteiger partial charge < -0.3 is 16.3 Å². The Morgan fingerprint density at radius 1 is 1.44 bits per heavy atom. The number of nitrogens with zero attached hydrogens (tertiary/aromatic N) is 1. The minimum absolute atomic E-state index is 0.208. The first-order valence-electron chi connectivity index (χ1n) is 6.04. The number of halogens is 1. The molecule has 0 amide bonds. The van der Waals surface area contributed by atoms with Gasteiger partial charge in [0.2, 0.25) is 0 Å². The van der Waals surface area contributed by atoms with Crippen molar-refractivity contribution in [2.75, 3.05) is 0 Å². The average molecular weight is 314 g/mol. The van der Waals surface area contributed by atoms with Gasteiger partial charge >= 0.3 is 0 Å². The van der Waals surface area contributed by atoms with Gasteiger partial charge in [-0.3, -0.25) is 0 Å². The molecule has 18 heavy (non-hydrogen) atoms. The van der Waals surface area contributed by atoms with Crippen LogP contribution in [0.1, 0.15) is 38.3 Å². The van der Waals surface area contributed by atoms with Gasteiger partial charge in [-0.15, -0.1) is 0 Å². The van der Waals surface area contributed by atoms with Crippen LogP contribution in [0.2, 0.25) is 0 Å². The predicted octanol–water partition coefficient (Wildman–Crippen LogP) is 3.01. The average Bonchev–Trinajstić information content (AvgIpc) is 2.38. The molecule has 2 atom stereocenters. The lowest BCUT2D eigenvalue weighted by Crippen LogP contribution is -2.34. The van der Waals surface area contributed by atoms with Crippen molar-refractivity contribution in [3.05, 3.63) is 34.3 Å². The number of nitrogens with one attached hydrogen (secondary N) is 1. The highest BCUT2D eigenvalue weighted by Crippen LogP contribution is 2.17. The smallest absolute Gasteiger partial charge is 0.140 e. The summed E-state index contributed by atoms with van der Waals surface area (Å²) in [5.74, 6) is 0.261. The van der Waals surface area contributed by atoms with Gasteiger partial charge in [0.05, 0.1) is 0 Å². The maximum absolute atomic E-state index is 8.59. The molecule has 1 unspecified atom stereocenters. The van der Waals surface area contributed by atoms with Gasteiger partial charge in [-0.05, 0) is 31.0 Å². The van der Waals surface area contributed by atoms with E-state index in [1.165, 1.54) is 5.56 Å². The largest absolute Gasteiger partial charge is 0.409 e. The number of oxime groups is 1. The van der Waals surface area contributed by atoms with Crippen LogP contribution in [0.25, 0.3) is 0 Å². The monoisotopic (exact) mass is 313 g/mol. The highest BCUT2D eigenvalue weighted by molar-refractivity contribution is 9.10. The molecule has 0 aliphatic carbocycles. The zero-order valence-electron chi connectivity index (χ0n) is 10.7. The molecule has 0 spiro atoms. The first kappa shape index (κ1) is 15.0. The summed E-state index contributed by atoms with van der Waals surface area (Å²) in [6.07, 6.45) is 1.48. The van der Waals surface area contributed by atoms with Crippen molar-refractivity contribution < 1.29 is 5.21 Å². The Labute approximate surface area is 116 Å². The van der Waals surface area contributed by atoms with Crippen molar-refractivity contribution >= 4 is 21.8 Å². The van der Waals surface area contributed by atoms with E-state index in [-0.39, 0.29) is 17.9 Å². The highest BCUT2D eigenvalue weighted by atomic mass is 79.9. The van der Waals surface area contributed by atoms with Crippen molar-refractivity contribution in [2.24, 2.45) is 10.9 Å². The summed E-state index contributed by atoms with van der Waals surface area (Å²) in [5.41, 5.74) is 6.76. The number of nitrogens with two attached hydrogens (primary N) is 1. The molecule has 1 rings (SSSR count). The summed E-state index contributed by atoms with van der Waals surface area (Å²) in [5, 5.41) is 15.1. The molecule has 0 aliphatic rings. The lowest BCUT2D eigenvalue weighted by atomic mass is 10.0. The molecule has 0 aliphatic heterocycles. The molecular formula is C13H20BrN3O. The summed E-state index contributed by atoms with van der Waals surface area (Å²) >= 11 is 3.42. The van der Waals surface area contributed by atoms with Crippen molar-refractivity contribution in [3.8, 4) is 0 Å². The topological polar surface area (TPSA) is 70.6 Å². The van der Waals surface area contributed by atoms with E-state index in [4.69, 9.17) is 10.9 Å². The van der Waals surface area contributed by atoms with Crippen molar-refractivity contribution in [1.82, 2.24) is 5.32 Å². The molecule has 0 bridgehead atoms. The first-order chi connectivity index (χ1) is 8.56. The second-order valence-corrected chi connectivity index (χ2v) is 5.26. The zero-order valence-corrected chi connectivity index (χ0v) is 12.3. The van der Waals surface area contributed by atoms with Crippen molar-refractivity contribution in [3.63, 3.8) is 0 Å². The Bertz CT molecular complexity index is 392. The summed E-state index contributed by atoms with van der Waals surface area (Å²) in [7, 11) is 0. The molecule has 0 fully saturated rings. The zero-order chi connectivity index (χ0) is 13.5. The lowest BCUT2D eigenvalue weighted by Gasteiger charge is -2.22. The van der Waals surface area contributed by atoms with Gasteiger partial charge in [-0.25, -0.2) is 0 Å². The van der Waals surface area contributed by atoms with Crippen LogP contribution >= 0.6 is 15.9 Å². The molecule has 0 radical (unpaired) electrons. The molecule has 1 aromatic rings. The Hall–Kier alpha value is -1.07. The predicted molar refractivity (Wildman–Crippen MR) is 77.8 cm³/mol. The van der Waals surface area contributed by atoms with E-state index < -0.39 is 0 Å². The fourth-order valence-corrected chi connectivity index (χ4v) is 2.08. The molecule has 5 heteroatoms. The van der Waals surface area contributed by atoms with E-state index in [0.717, 1.165) is 10.9 Å². The third-order valence-corrected chi connectivity index (χ3v) is 3.46. The molecule has 0 heterocycles. The normalized spacial score (nSPS) is 15.4. The van der Waals surface area contributed by atoms with Crippen LogP contribution in [0.5, 0.6) is 0 Å². The summed E-state index contributed by atoms with van der Waals surface area (Å²) in [6.45, 7) is 4.19. The Morgan fingerprint density at radius 2 is 2.06 bits per heavy atom. The van der Waals surface area contributed by atoms with Gasteiger partial charge in [0, 0.05) is 23.0 Å². The van der Waals surface area contributed by atoms with Crippen molar-refractivity contribution in [1.29, 1.82) is 0 Å². The number of rotatable bonds is 6. The molecule has 4 N–H and O–H groups in total. The third kappa shape index (κ3) is 4.66. The van der Waals surface area contributed by atoms with Crippen LogP contribution in [0.4, 0.5) is 0 Å². The maximum atomic E-state index is 8.59. The Balaban J connectivity index is 2.61. The van der Waals surface area contributed by atoms with Crippen LogP contribution in [0, 0.1) is 0 Å². The Morgan fingerprint density at radius 3 is 2.56 bits per heavy atom. The summed E-state index contributed by atoms with van der Waals surface area (Å²) < 4.78 is 1.07. The second-order valence-electron chi connectivity index (χ2n) is 4.34. The quantitative estimate of drug-likeness (QED) is 0.327. The van der Waals surface area contributed by atoms with E-state index in [1.54, 1.807) is 0 Å². The van der Waals surface area contributed by atoms with Gasteiger partial charge in [0.25, 0.3) is 0 Å². The van der Waals surface area contributed by atoms with Crippen LogP contribution in [0.3, 0.4) is 0 Å².